The van der Waals surface area contributed by atoms with Crippen molar-refractivity contribution in [3.05, 3.63) is 42.2 Å². The minimum Gasteiger partial charge on any atom is -0.496 e. The maximum absolute atomic E-state index is 12.9. The molecule has 0 radical (unpaired) electrons. The Bertz CT molecular complexity index is 696. The fraction of sp³-hybridized carbons (Fsp3) is 0.545. The minimum atomic E-state index is -0.615. The van der Waals surface area contributed by atoms with Crippen LogP contribution in [0.25, 0.3) is 5.57 Å². The van der Waals surface area contributed by atoms with Crippen LogP contribution in [0.4, 0.5) is 0 Å². The minimum absolute atomic E-state index is 0.106. The van der Waals surface area contributed by atoms with Gasteiger partial charge in [-0.1, -0.05) is 37.3 Å². The van der Waals surface area contributed by atoms with Gasteiger partial charge < -0.3 is 14.2 Å². The SMILES string of the molecule is CCC(C)OC(=O)C(C)OC1CCC2C(=O)C(c3ccccc3)=COC2C1. The standard InChI is InChI=1S/C22H28O5/c1-4-14(2)26-22(24)15(3)27-17-10-11-18-20(12-17)25-13-19(21(18)23)16-8-6-5-7-9-16/h5-9,13-15,17-18,20H,4,10-12H2,1-3H3. The fourth-order valence-electron chi connectivity index (χ4n) is 3.63. The summed E-state index contributed by atoms with van der Waals surface area (Å²) in [4.78, 5) is 25.0. The van der Waals surface area contributed by atoms with Gasteiger partial charge in [-0.2, -0.15) is 0 Å². The van der Waals surface area contributed by atoms with E-state index in [2.05, 4.69) is 0 Å². The molecule has 1 aromatic rings. The van der Waals surface area contributed by atoms with Gasteiger partial charge >= 0.3 is 5.97 Å². The summed E-state index contributed by atoms with van der Waals surface area (Å²) in [7, 11) is 0. The molecule has 5 heteroatoms. The number of esters is 1. The van der Waals surface area contributed by atoms with Crippen LogP contribution in [0.5, 0.6) is 0 Å². The van der Waals surface area contributed by atoms with Crippen molar-refractivity contribution in [3.8, 4) is 0 Å². The molecule has 1 saturated carbocycles. The first-order valence-corrected chi connectivity index (χ1v) is 9.80. The molecule has 0 aromatic heterocycles. The molecule has 1 aromatic carbocycles. The lowest BCUT2D eigenvalue weighted by molar-refractivity contribution is -0.168. The van der Waals surface area contributed by atoms with Gasteiger partial charge in [0.25, 0.3) is 0 Å². The number of benzene rings is 1. The number of fused-ring (bicyclic) bond motifs is 1. The first-order valence-electron chi connectivity index (χ1n) is 9.80. The lowest BCUT2D eigenvalue weighted by Crippen LogP contribution is -2.43. The molecule has 2 aliphatic rings. The van der Waals surface area contributed by atoms with Gasteiger partial charge in [-0.3, -0.25) is 4.79 Å². The average Bonchev–Trinajstić information content (AvgIpc) is 2.68. The van der Waals surface area contributed by atoms with Crippen molar-refractivity contribution in [1.82, 2.24) is 0 Å². The Kier molecular flexibility index (Phi) is 6.32. The monoisotopic (exact) mass is 372 g/mol. The molecule has 1 aliphatic heterocycles. The van der Waals surface area contributed by atoms with Crippen LogP contribution in [-0.4, -0.2) is 36.2 Å². The van der Waals surface area contributed by atoms with Crippen molar-refractivity contribution >= 4 is 17.3 Å². The molecule has 0 spiro atoms. The van der Waals surface area contributed by atoms with Gasteiger partial charge in [-0.05, 0) is 38.7 Å². The normalized spacial score (nSPS) is 27.0. The predicted octanol–water partition coefficient (Wildman–Crippen LogP) is 3.91. The predicted molar refractivity (Wildman–Crippen MR) is 102 cm³/mol. The second-order valence-corrected chi connectivity index (χ2v) is 7.41. The third kappa shape index (κ3) is 4.59. The maximum atomic E-state index is 12.9. The molecular formula is C22H28O5. The van der Waals surface area contributed by atoms with E-state index in [9.17, 15) is 9.59 Å². The average molecular weight is 372 g/mol. The quantitative estimate of drug-likeness (QED) is 0.709. The van der Waals surface area contributed by atoms with E-state index in [1.807, 2.05) is 44.2 Å². The van der Waals surface area contributed by atoms with Crippen molar-refractivity contribution in [1.29, 1.82) is 0 Å². The Morgan fingerprint density at radius 2 is 1.96 bits per heavy atom. The van der Waals surface area contributed by atoms with Crippen LogP contribution in [-0.2, 0) is 23.8 Å². The zero-order valence-electron chi connectivity index (χ0n) is 16.2. The number of rotatable bonds is 6. The van der Waals surface area contributed by atoms with Crippen molar-refractivity contribution in [2.24, 2.45) is 5.92 Å². The molecule has 5 unspecified atom stereocenters. The highest BCUT2D eigenvalue weighted by molar-refractivity contribution is 6.22. The van der Waals surface area contributed by atoms with E-state index in [1.54, 1.807) is 13.2 Å². The second-order valence-electron chi connectivity index (χ2n) is 7.41. The van der Waals surface area contributed by atoms with Gasteiger partial charge in [0, 0.05) is 6.42 Å². The van der Waals surface area contributed by atoms with Crippen LogP contribution in [0.1, 0.15) is 52.0 Å². The van der Waals surface area contributed by atoms with Crippen LogP contribution < -0.4 is 0 Å². The van der Waals surface area contributed by atoms with Crippen molar-refractivity contribution in [2.45, 2.75) is 70.9 Å². The number of carbonyl (C=O) groups is 2. The third-order valence-corrected chi connectivity index (χ3v) is 5.41. The van der Waals surface area contributed by atoms with Crippen molar-refractivity contribution < 1.29 is 23.8 Å². The summed E-state index contributed by atoms with van der Waals surface area (Å²) in [5, 5.41) is 0. The van der Waals surface area contributed by atoms with E-state index in [0.29, 0.717) is 18.4 Å². The van der Waals surface area contributed by atoms with E-state index in [0.717, 1.165) is 18.4 Å². The molecule has 146 valence electrons. The number of ether oxygens (including phenoxy) is 3. The molecule has 1 aliphatic carbocycles. The molecule has 0 N–H and O–H groups in total. The summed E-state index contributed by atoms with van der Waals surface area (Å²) in [5.41, 5.74) is 1.53. The van der Waals surface area contributed by atoms with Gasteiger partial charge in [0.1, 0.15) is 6.10 Å². The number of Topliss-reactive ketones (excluding diaryl/α,β-unsaturated/α-hetero) is 1. The Hall–Kier alpha value is -2.14. The molecule has 1 fully saturated rings. The van der Waals surface area contributed by atoms with Gasteiger partial charge in [0.2, 0.25) is 0 Å². The van der Waals surface area contributed by atoms with Crippen LogP contribution in [0.2, 0.25) is 0 Å². The Labute approximate surface area is 160 Å². The maximum Gasteiger partial charge on any atom is 0.335 e. The summed E-state index contributed by atoms with van der Waals surface area (Å²) in [6.45, 7) is 5.56. The summed E-state index contributed by atoms with van der Waals surface area (Å²) >= 11 is 0. The zero-order valence-corrected chi connectivity index (χ0v) is 16.2. The van der Waals surface area contributed by atoms with Crippen LogP contribution in [0.3, 0.4) is 0 Å². The molecule has 0 saturated heterocycles. The number of hydrogen-bond donors (Lipinski definition) is 0. The van der Waals surface area contributed by atoms with Gasteiger partial charge in [0.15, 0.2) is 11.9 Å². The summed E-state index contributed by atoms with van der Waals surface area (Å²) in [5.74, 6) is -0.342. The van der Waals surface area contributed by atoms with Crippen LogP contribution >= 0.6 is 0 Å². The van der Waals surface area contributed by atoms with E-state index < -0.39 is 6.10 Å². The number of allylic oxidation sites excluding steroid dienone is 1. The highest BCUT2D eigenvalue weighted by Gasteiger charge is 2.41. The molecule has 1 heterocycles. The Morgan fingerprint density at radius 3 is 2.67 bits per heavy atom. The number of hydrogen-bond acceptors (Lipinski definition) is 5. The molecule has 0 amide bonds. The lowest BCUT2D eigenvalue weighted by atomic mass is 9.78. The molecular weight excluding hydrogens is 344 g/mol. The molecule has 0 bridgehead atoms. The summed E-state index contributed by atoms with van der Waals surface area (Å²) in [6.07, 6.45) is 3.38. The Balaban J connectivity index is 1.59. The first kappa shape index (κ1) is 19.6. The second kappa shape index (κ2) is 8.70. The molecule has 27 heavy (non-hydrogen) atoms. The molecule has 3 rings (SSSR count). The van der Waals surface area contributed by atoms with Gasteiger partial charge in [0.05, 0.1) is 30.0 Å². The van der Waals surface area contributed by atoms with E-state index in [-0.39, 0.29) is 36.0 Å². The van der Waals surface area contributed by atoms with Crippen LogP contribution in [0.15, 0.2) is 36.6 Å². The summed E-state index contributed by atoms with van der Waals surface area (Å²) < 4.78 is 17.1. The number of ketones is 1. The van der Waals surface area contributed by atoms with E-state index >= 15 is 0 Å². The zero-order chi connectivity index (χ0) is 19.4. The first-order chi connectivity index (χ1) is 13.0. The van der Waals surface area contributed by atoms with Gasteiger partial charge in [-0.25, -0.2) is 4.79 Å². The smallest absolute Gasteiger partial charge is 0.335 e. The van der Waals surface area contributed by atoms with E-state index in [1.165, 1.54) is 0 Å². The lowest BCUT2D eigenvalue weighted by Gasteiger charge is -2.38. The van der Waals surface area contributed by atoms with Crippen molar-refractivity contribution in [3.63, 3.8) is 0 Å². The highest BCUT2D eigenvalue weighted by atomic mass is 16.6. The number of carbonyl (C=O) groups excluding carboxylic acids is 2. The topological polar surface area (TPSA) is 61.8 Å². The van der Waals surface area contributed by atoms with Crippen molar-refractivity contribution in [2.75, 3.05) is 0 Å². The molecule has 5 nitrogen and oxygen atoms in total. The van der Waals surface area contributed by atoms with Crippen LogP contribution in [0, 0.1) is 5.92 Å². The Morgan fingerprint density at radius 1 is 1.22 bits per heavy atom. The summed E-state index contributed by atoms with van der Waals surface area (Å²) in [6, 6.07) is 9.61. The molecule has 5 atom stereocenters. The largest absolute Gasteiger partial charge is 0.496 e. The third-order valence-electron chi connectivity index (χ3n) is 5.41. The highest BCUT2D eigenvalue weighted by Crippen LogP contribution is 2.37. The van der Waals surface area contributed by atoms with Gasteiger partial charge in [-0.15, -0.1) is 0 Å². The van der Waals surface area contributed by atoms with E-state index in [4.69, 9.17) is 14.2 Å². The fourth-order valence-corrected chi connectivity index (χ4v) is 3.63.